The van der Waals surface area contributed by atoms with Gasteiger partial charge in [-0.25, -0.2) is 0 Å². The van der Waals surface area contributed by atoms with Crippen molar-refractivity contribution in [2.45, 2.75) is 19.4 Å². The van der Waals surface area contributed by atoms with Crippen molar-refractivity contribution in [3.05, 3.63) is 22.7 Å². The van der Waals surface area contributed by atoms with Crippen LogP contribution in [0.2, 0.25) is 0 Å². The summed E-state index contributed by atoms with van der Waals surface area (Å²) in [5.41, 5.74) is 1.05. The van der Waals surface area contributed by atoms with Gasteiger partial charge in [-0.1, -0.05) is 15.9 Å². The van der Waals surface area contributed by atoms with Gasteiger partial charge < -0.3 is 14.8 Å². The van der Waals surface area contributed by atoms with E-state index in [0.717, 1.165) is 28.9 Å². The number of halogens is 1. The van der Waals surface area contributed by atoms with Gasteiger partial charge in [0, 0.05) is 36.0 Å². The van der Waals surface area contributed by atoms with Crippen LogP contribution in [0, 0.1) is 0 Å². The molecule has 1 aromatic rings. The van der Waals surface area contributed by atoms with E-state index >= 15 is 0 Å². The number of hydrogen-bond acceptors (Lipinski definition) is 3. The van der Waals surface area contributed by atoms with Crippen LogP contribution in [-0.2, 0) is 4.74 Å². The molecule has 1 N–H and O–H groups in total. The van der Waals surface area contributed by atoms with Gasteiger partial charge in [0.2, 0.25) is 0 Å². The molecular weight excluding hydrogens is 270 g/mol. The van der Waals surface area contributed by atoms with Crippen LogP contribution in [0.5, 0.6) is 5.75 Å². The Bertz CT molecular complexity index is 331. The molecule has 3 nitrogen and oxygen atoms in total. The number of ether oxygens (including phenoxy) is 2. The predicted octanol–water partition coefficient (Wildman–Crippen LogP) is 3.29. The molecule has 0 saturated carbocycles. The Kier molecular flexibility index (Phi) is 5.63. The molecule has 4 heteroatoms. The van der Waals surface area contributed by atoms with Gasteiger partial charge in [0.1, 0.15) is 5.75 Å². The first-order chi connectivity index (χ1) is 7.65. The normalized spacial score (nSPS) is 12.2. The summed E-state index contributed by atoms with van der Waals surface area (Å²) in [6, 6.07) is 6.32. The molecule has 0 aliphatic rings. The number of methoxy groups -OCH3 is 2. The molecule has 0 aliphatic carbocycles. The average Bonchev–Trinajstić information content (AvgIpc) is 2.25. The van der Waals surface area contributed by atoms with Crippen LogP contribution in [0.15, 0.2) is 22.7 Å². The highest BCUT2D eigenvalue weighted by Gasteiger charge is 2.04. The smallest absolute Gasteiger partial charge is 0.122 e. The zero-order valence-electron chi connectivity index (χ0n) is 9.92. The van der Waals surface area contributed by atoms with E-state index < -0.39 is 0 Å². The van der Waals surface area contributed by atoms with E-state index in [-0.39, 0.29) is 0 Å². The number of benzene rings is 1. The van der Waals surface area contributed by atoms with Gasteiger partial charge in [-0.2, -0.15) is 0 Å². The van der Waals surface area contributed by atoms with Gasteiger partial charge in [0.15, 0.2) is 0 Å². The Morgan fingerprint density at radius 1 is 1.31 bits per heavy atom. The van der Waals surface area contributed by atoms with Gasteiger partial charge in [0.05, 0.1) is 7.11 Å². The van der Waals surface area contributed by atoms with Crippen LogP contribution in [0.3, 0.4) is 0 Å². The summed E-state index contributed by atoms with van der Waals surface area (Å²) >= 11 is 3.45. The number of anilines is 1. The lowest BCUT2D eigenvalue weighted by Gasteiger charge is -2.15. The Morgan fingerprint density at radius 2 is 2.06 bits per heavy atom. The summed E-state index contributed by atoms with van der Waals surface area (Å²) in [7, 11) is 3.38. The number of rotatable bonds is 6. The molecule has 0 bridgehead atoms. The maximum atomic E-state index is 5.20. The van der Waals surface area contributed by atoms with Gasteiger partial charge in [-0.05, 0) is 25.5 Å². The summed E-state index contributed by atoms with van der Waals surface area (Å²) in [6.07, 6.45) is 0.978. The molecule has 0 heterocycles. The van der Waals surface area contributed by atoms with E-state index in [9.17, 15) is 0 Å². The van der Waals surface area contributed by atoms with Crippen LogP contribution in [0.25, 0.3) is 0 Å². The molecule has 0 aliphatic heterocycles. The van der Waals surface area contributed by atoms with E-state index in [1.807, 2.05) is 18.2 Å². The third kappa shape index (κ3) is 4.41. The lowest BCUT2D eigenvalue weighted by Crippen LogP contribution is -2.17. The largest absolute Gasteiger partial charge is 0.497 e. The SMILES string of the molecule is COCCC(C)Nc1cc(Br)cc(OC)c1. The van der Waals surface area contributed by atoms with Crippen molar-refractivity contribution in [1.29, 1.82) is 0 Å². The number of nitrogens with one attached hydrogen (secondary N) is 1. The first kappa shape index (κ1) is 13.3. The Hall–Kier alpha value is -0.740. The van der Waals surface area contributed by atoms with Crippen LogP contribution in [0.1, 0.15) is 13.3 Å². The molecule has 0 fully saturated rings. The fraction of sp³-hybridized carbons (Fsp3) is 0.500. The second-order valence-corrected chi connectivity index (χ2v) is 4.62. The van der Waals surface area contributed by atoms with Crippen molar-refractivity contribution in [1.82, 2.24) is 0 Å². The van der Waals surface area contributed by atoms with Crippen LogP contribution in [0.4, 0.5) is 5.69 Å². The Balaban J connectivity index is 2.61. The van der Waals surface area contributed by atoms with Crippen molar-refractivity contribution in [3.8, 4) is 5.75 Å². The van der Waals surface area contributed by atoms with E-state index in [4.69, 9.17) is 9.47 Å². The quantitative estimate of drug-likeness (QED) is 0.871. The second kappa shape index (κ2) is 6.76. The minimum absolute atomic E-state index is 0.374. The fourth-order valence-electron chi connectivity index (χ4n) is 1.42. The second-order valence-electron chi connectivity index (χ2n) is 3.71. The van der Waals surface area contributed by atoms with Crippen molar-refractivity contribution in [3.63, 3.8) is 0 Å². The first-order valence-electron chi connectivity index (χ1n) is 5.25. The standard InChI is InChI=1S/C12H18BrNO2/c1-9(4-5-15-2)14-11-6-10(13)7-12(8-11)16-3/h6-9,14H,4-5H2,1-3H3. The number of hydrogen-bond donors (Lipinski definition) is 1. The van der Waals surface area contributed by atoms with Crippen LogP contribution < -0.4 is 10.1 Å². The molecule has 0 amide bonds. The van der Waals surface area contributed by atoms with Gasteiger partial charge in [-0.3, -0.25) is 0 Å². The van der Waals surface area contributed by atoms with Gasteiger partial charge >= 0.3 is 0 Å². The first-order valence-corrected chi connectivity index (χ1v) is 6.05. The third-order valence-corrected chi connectivity index (χ3v) is 2.73. The molecule has 1 unspecified atom stereocenters. The maximum Gasteiger partial charge on any atom is 0.122 e. The molecule has 0 aromatic heterocycles. The third-order valence-electron chi connectivity index (χ3n) is 2.28. The lowest BCUT2D eigenvalue weighted by molar-refractivity contribution is 0.191. The van der Waals surface area contributed by atoms with Crippen molar-refractivity contribution < 1.29 is 9.47 Å². The highest BCUT2D eigenvalue weighted by Crippen LogP contribution is 2.25. The molecule has 16 heavy (non-hydrogen) atoms. The summed E-state index contributed by atoms with van der Waals surface area (Å²) in [5.74, 6) is 0.843. The van der Waals surface area contributed by atoms with Crippen LogP contribution in [-0.4, -0.2) is 26.9 Å². The van der Waals surface area contributed by atoms with Crippen molar-refractivity contribution in [2.75, 3.05) is 26.1 Å². The van der Waals surface area contributed by atoms with Crippen molar-refractivity contribution in [2.24, 2.45) is 0 Å². The predicted molar refractivity (Wildman–Crippen MR) is 70.3 cm³/mol. The molecule has 90 valence electrons. The zero-order chi connectivity index (χ0) is 12.0. The van der Waals surface area contributed by atoms with Gasteiger partial charge in [0.25, 0.3) is 0 Å². The van der Waals surface area contributed by atoms with E-state index in [0.29, 0.717) is 6.04 Å². The minimum atomic E-state index is 0.374. The van der Waals surface area contributed by atoms with Crippen molar-refractivity contribution >= 4 is 21.6 Å². The monoisotopic (exact) mass is 287 g/mol. The van der Waals surface area contributed by atoms with E-state index in [1.165, 1.54) is 0 Å². The van der Waals surface area contributed by atoms with E-state index in [2.05, 4.69) is 28.2 Å². The summed E-state index contributed by atoms with van der Waals surface area (Å²) in [5, 5.41) is 3.40. The summed E-state index contributed by atoms with van der Waals surface area (Å²) < 4.78 is 11.3. The highest BCUT2D eigenvalue weighted by molar-refractivity contribution is 9.10. The summed E-state index contributed by atoms with van der Waals surface area (Å²) in [6.45, 7) is 2.89. The molecule has 1 atom stereocenters. The van der Waals surface area contributed by atoms with Crippen LogP contribution >= 0.6 is 15.9 Å². The summed E-state index contributed by atoms with van der Waals surface area (Å²) in [4.78, 5) is 0. The van der Waals surface area contributed by atoms with Gasteiger partial charge in [-0.15, -0.1) is 0 Å². The highest BCUT2D eigenvalue weighted by atomic mass is 79.9. The minimum Gasteiger partial charge on any atom is -0.497 e. The molecule has 0 saturated heterocycles. The fourth-order valence-corrected chi connectivity index (χ4v) is 1.89. The zero-order valence-corrected chi connectivity index (χ0v) is 11.5. The Labute approximate surface area is 105 Å². The lowest BCUT2D eigenvalue weighted by atomic mass is 10.2. The topological polar surface area (TPSA) is 30.5 Å². The molecule has 0 spiro atoms. The Morgan fingerprint density at radius 3 is 2.69 bits per heavy atom. The molecule has 1 aromatic carbocycles. The molecule has 0 radical (unpaired) electrons. The molecular formula is C12H18BrNO2. The maximum absolute atomic E-state index is 5.20. The average molecular weight is 288 g/mol. The molecule has 1 rings (SSSR count). The van der Waals surface area contributed by atoms with E-state index in [1.54, 1.807) is 14.2 Å².